The number of nitrogens with zero attached hydrogens (tertiary/aromatic N) is 1. The maximum atomic E-state index is 5.52. The second-order valence-electron chi connectivity index (χ2n) is 9.76. The number of nitrogens with one attached hydrogen (secondary N) is 1. The smallest absolute Gasteiger partial charge is 0.119 e. The molecule has 3 saturated heterocycles. The molecule has 26 heavy (non-hydrogen) atoms. The Morgan fingerprint density at radius 2 is 2.15 bits per heavy atom. The molecule has 0 radical (unpaired) electrons. The fourth-order valence-electron chi connectivity index (χ4n) is 8.13. The van der Waals surface area contributed by atoms with Gasteiger partial charge < -0.3 is 10.1 Å². The number of methoxy groups -OCH3 is 1. The van der Waals surface area contributed by atoms with Crippen LogP contribution in [0.1, 0.15) is 44.6 Å². The van der Waals surface area contributed by atoms with Crippen molar-refractivity contribution in [3.05, 3.63) is 23.8 Å². The number of piperidine rings is 2. The summed E-state index contributed by atoms with van der Waals surface area (Å²) in [6.45, 7) is 7.70. The molecule has 4 aliphatic heterocycles. The van der Waals surface area contributed by atoms with Crippen LogP contribution in [-0.4, -0.2) is 37.2 Å². The predicted octanol–water partition coefficient (Wildman–Crippen LogP) is 4.21. The quantitative estimate of drug-likeness (QED) is 0.863. The zero-order valence-electron chi connectivity index (χ0n) is 16.3. The highest BCUT2D eigenvalue weighted by atomic mass is 16.5. The molecule has 5 fully saturated rings. The molecule has 2 saturated carbocycles. The van der Waals surface area contributed by atoms with Gasteiger partial charge in [0.05, 0.1) is 7.11 Å². The van der Waals surface area contributed by atoms with Crippen LogP contribution in [0.15, 0.2) is 18.2 Å². The fourth-order valence-corrected chi connectivity index (χ4v) is 8.13. The maximum absolute atomic E-state index is 5.52. The monoisotopic (exact) mass is 352 g/mol. The zero-order chi connectivity index (χ0) is 17.6. The van der Waals surface area contributed by atoms with Crippen molar-refractivity contribution in [3.63, 3.8) is 0 Å². The van der Waals surface area contributed by atoms with Gasteiger partial charge >= 0.3 is 0 Å². The molecule has 2 aliphatic carbocycles. The van der Waals surface area contributed by atoms with Gasteiger partial charge in [0.1, 0.15) is 5.75 Å². The number of ether oxygens (including phenoxy) is 1. The number of rotatable bonds is 2. The minimum absolute atomic E-state index is 0.680. The van der Waals surface area contributed by atoms with E-state index in [1.54, 1.807) is 7.11 Å². The van der Waals surface area contributed by atoms with E-state index >= 15 is 0 Å². The molecule has 1 aromatic carbocycles. The molecule has 7 rings (SSSR count). The largest absolute Gasteiger partial charge is 0.497 e. The third-order valence-electron chi connectivity index (χ3n) is 9.17. The van der Waals surface area contributed by atoms with Gasteiger partial charge in [-0.15, -0.1) is 0 Å². The van der Waals surface area contributed by atoms with E-state index in [2.05, 4.69) is 42.3 Å². The van der Waals surface area contributed by atoms with Crippen LogP contribution in [0.3, 0.4) is 0 Å². The van der Waals surface area contributed by atoms with E-state index in [1.165, 1.54) is 43.6 Å². The van der Waals surface area contributed by atoms with E-state index in [0.29, 0.717) is 6.04 Å². The number of benzene rings is 1. The standard InChI is InChI=1S/C23H32N2O/c1-4-15-12(2)13-9-18-21-16(7-8-25(11-13)23(15)18)20-17-10-14(26-3)5-6-19(17)24-22(20)21/h5-6,10,12-13,15-16,18,20-24H,4,7-9,11H2,1-3H3/t12-,13-,15-,16?,18-,20?,21?,22-,23?/m0/s1. The van der Waals surface area contributed by atoms with Gasteiger partial charge in [0.25, 0.3) is 0 Å². The molecular weight excluding hydrogens is 320 g/mol. The summed E-state index contributed by atoms with van der Waals surface area (Å²) in [4.78, 5) is 2.92. The van der Waals surface area contributed by atoms with Gasteiger partial charge in [-0.1, -0.05) is 20.3 Å². The molecule has 6 aliphatic rings. The van der Waals surface area contributed by atoms with E-state index in [-0.39, 0.29) is 0 Å². The topological polar surface area (TPSA) is 24.5 Å². The lowest BCUT2D eigenvalue weighted by Crippen LogP contribution is -2.64. The van der Waals surface area contributed by atoms with Crippen molar-refractivity contribution in [2.75, 3.05) is 25.5 Å². The molecule has 140 valence electrons. The molecule has 5 unspecified atom stereocenters. The fraction of sp³-hybridized carbons (Fsp3) is 0.739. The molecule has 1 aromatic rings. The molecule has 3 heteroatoms. The second-order valence-corrected chi connectivity index (χ2v) is 9.76. The van der Waals surface area contributed by atoms with E-state index in [4.69, 9.17) is 4.74 Å². The van der Waals surface area contributed by atoms with Crippen LogP contribution in [-0.2, 0) is 0 Å². The van der Waals surface area contributed by atoms with Crippen molar-refractivity contribution in [1.29, 1.82) is 0 Å². The Kier molecular flexibility index (Phi) is 3.28. The Bertz CT molecular complexity index is 733. The summed E-state index contributed by atoms with van der Waals surface area (Å²) < 4.78 is 5.52. The molecule has 0 spiro atoms. The average molecular weight is 353 g/mol. The van der Waals surface area contributed by atoms with Gasteiger partial charge in [-0.3, -0.25) is 4.90 Å². The maximum Gasteiger partial charge on any atom is 0.119 e. The average Bonchev–Trinajstić information content (AvgIpc) is 2.92. The minimum atomic E-state index is 0.680. The SMILES string of the molecule is CC[C@@H]1C2[C@H]3C[C@@H](CN2CCC2C4c5cc(OC)ccc5N[C@@H]4C23)[C@@H]1C. The predicted molar refractivity (Wildman–Crippen MR) is 105 cm³/mol. The first-order valence-electron chi connectivity index (χ1n) is 10.9. The van der Waals surface area contributed by atoms with Gasteiger partial charge in [-0.2, -0.15) is 0 Å². The van der Waals surface area contributed by atoms with E-state index in [9.17, 15) is 0 Å². The summed E-state index contributed by atoms with van der Waals surface area (Å²) in [5.74, 6) is 7.23. The van der Waals surface area contributed by atoms with Crippen LogP contribution in [0.4, 0.5) is 5.69 Å². The summed E-state index contributed by atoms with van der Waals surface area (Å²) >= 11 is 0. The molecule has 10 atom stereocenters. The third-order valence-corrected chi connectivity index (χ3v) is 9.17. The highest BCUT2D eigenvalue weighted by Crippen LogP contribution is 2.64. The normalized spacial score (nSPS) is 50.0. The van der Waals surface area contributed by atoms with Crippen molar-refractivity contribution in [2.24, 2.45) is 35.5 Å². The molecule has 1 N–H and O–H groups in total. The van der Waals surface area contributed by atoms with Crippen molar-refractivity contribution < 1.29 is 4.74 Å². The summed E-state index contributed by atoms with van der Waals surface area (Å²) in [7, 11) is 1.79. The Balaban J connectivity index is 1.36. The lowest BCUT2D eigenvalue weighted by molar-refractivity contribution is -0.102. The zero-order valence-corrected chi connectivity index (χ0v) is 16.3. The van der Waals surface area contributed by atoms with Gasteiger partial charge in [0.15, 0.2) is 0 Å². The molecule has 3 nitrogen and oxygen atoms in total. The first-order chi connectivity index (χ1) is 12.7. The van der Waals surface area contributed by atoms with E-state index in [0.717, 1.165) is 53.2 Å². The van der Waals surface area contributed by atoms with Crippen LogP contribution >= 0.6 is 0 Å². The molecule has 0 amide bonds. The van der Waals surface area contributed by atoms with E-state index in [1.807, 2.05) is 0 Å². The first-order valence-corrected chi connectivity index (χ1v) is 10.9. The highest BCUT2D eigenvalue weighted by molar-refractivity contribution is 5.64. The molecule has 0 aromatic heterocycles. The number of fused-ring (bicyclic) bond motifs is 7. The molecular formula is C23H32N2O. The van der Waals surface area contributed by atoms with Crippen molar-refractivity contribution in [3.8, 4) is 5.75 Å². The summed E-state index contributed by atoms with van der Waals surface area (Å²) in [6, 6.07) is 8.22. The van der Waals surface area contributed by atoms with Crippen LogP contribution in [0.2, 0.25) is 0 Å². The van der Waals surface area contributed by atoms with Crippen LogP contribution in [0.25, 0.3) is 0 Å². The van der Waals surface area contributed by atoms with Gasteiger partial charge in [-0.25, -0.2) is 0 Å². The first kappa shape index (κ1) is 15.8. The Hall–Kier alpha value is -1.22. The Morgan fingerprint density at radius 3 is 2.96 bits per heavy atom. The van der Waals surface area contributed by atoms with Crippen molar-refractivity contribution in [1.82, 2.24) is 4.90 Å². The van der Waals surface area contributed by atoms with Crippen LogP contribution in [0, 0.1) is 35.5 Å². The highest BCUT2D eigenvalue weighted by Gasteiger charge is 2.63. The lowest BCUT2D eigenvalue weighted by Gasteiger charge is -2.61. The number of anilines is 1. The summed E-state index contributed by atoms with van der Waals surface area (Å²) in [5.41, 5.74) is 2.92. The molecule has 4 heterocycles. The molecule has 4 bridgehead atoms. The van der Waals surface area contributed by atoms with Gasteiger partial charge in [-0.05, 0) is 78.7 Å². The van der Waals surface area contributed by atoms with Crippen molar-refractivity contribution in [2.45, 2.75) is 51.1 Å². The third kappa shape index (κ3) is 1.83. The lowest BCUT2D eigenvalue weighted by atomic mass is 9.49. The van der Waals surface area contributed by atoms with Crippen LogP contribution < -0.4 is 10.1 Å². The van der Waals surface area contributed by atoms with Gasteiger partial charge in [0.2, 0.25) is 0 Å². The van der Waals surface area contributed by atoms with E-state index < -0.39 is 0 Å². The summed E-state index contributed by atoms with van der Waals surface area (Å²) in [6.07, 6.45) is 4.25. The second kappa shape index (κ2) is 5.41. The Labute approximate surface area is 157 Å². The summed E-state index contributed by atoms with van der Waals surface area (Å²) in [5, 5.41) is 3.94. The van der Waals surface area contributed by atoms with Crippen LogP contribution in [0.5, 0.6) is 5.75 Å². The number of hydrogen-bond acceptors (Lipinski definition) is 3. The minimum Gasteiger partial charge on any atom is -0.497 e. The number of hydrogen-bond donors (Lipinski definition) is 1. The van der Waals surface area contributed by atoms with Gasteiger partial charge in [0, 0.05) is 30.2 Å². The Morgan fingerprint density at radius 1 is 1.27 bits per heavy atom. The van der Waals surface area contributed by atoms with Crippen molar-refractivity contribution >= 4 is 5.69 Å².